The molecule has 3 aliphatic heterocycles. The molecule has 2 saturated heterocycles. The van der Waals surface area contributed by atoms with E-state index in [1.54, 1.807) is 4.90 Å². The first kappa shape index (κ1) is 22.5. The van der Waals surface area contributed by atoms with Gasteiger partial charge in [-0.2, -0.15) is 0 Å². The molecule has 2 amide bonds. The predicted molar refractivity (Wildman–Crippen MR) is 120 cm³/mol. The van der Waals surface area contributed by atoms with Crippen LogP contribution < -0.4 is 15.5 Å². The van der Waals surface area contributed by atoms with E-state index in [4.69, 9.17) is 4.74 Å². The lowest BCUT2D eigenvalue weighted by atomic mass is 10.1. The molecule has 9 nitrogen and oxygen atoms in total. The summed E-state index contributed by atoms with van der Waals surface area (Å²) in [6, 6.07) is 3.43. The number of hydrazine groups is 1. The van der Waals surface area contributed by atoms with E-state index in [0.717, 1.165) is 74.2 Å². The Bertz CT molecular complexity index is 881. The van der Waals surface area contributed by atoms with E-state index in [1.165, 1.54) is 0 Å². The Balaban J connectivity index is 1.22. The van der Waals surface area contributed by atoms with Crippen molar-refractivity contribution in [3.63, 3.8) is 0 Å². The van der Waals surface area contributed by atoms with Crippen LogP contribution in [0.1, 0.15) is 56.1 Å². The van der Waals surface area contributed by atoms with Gasteiger partial charge in [-0.1, -0.05) is 18.9 Å². The van der Waals surface area contributed by atoms with Crippen molar-refractivity contribution >= 4 is 23.5 Å². The average molecular weight is 444 g/mol. The van der Waals surface area contributed by atoms with Gasteiger partial charge in [0.2, 0.25) is 11.9 Å². The fraction of sp³-hybridized carbons (Fsp3) is 0.609. The number of fused-ring (bicyclic) bond motifs is 2. The van der Waals surface area contributed by atoms with E-state index in [2.05, 4.69) is 15.7 Å². The van der Waals surface area contributed by atoms with E-state index < -0.39 is 6.04 Å². The van der Waals surface area contributed by atoms with E-state index in [9.17, 15) is 14.7 Å². The number of carbonyl (C=O) groups excluding carboxylic acids is 2. The zero-order valence-electron chi connectivity index (χ0n) is 18.7. The van der Waals surface area contributed by atoms with Gasteiger partial charge in [-0.05, 0) is 44.2 Å². The molecule has 1 atom stereocenters. The van der Waals surface area contributed by atoms with Gasteiger partial charge in [-0.25, -0.2) is 10.0 Å². The van der Waals surface area contributed by atoms with Crippen LogP contribution in [0, 0.1) is 6.92 Å². The number of benzene rings is 1. The highest BCUT2D eigenvalue weighted by atomic mass is 16.5. The predicted octanol–water partition coefficient (Wildman–Crippen LogP) is 1.75. The van der Waals surface area contributed by atoms with Crippen LogP contribution in [0.2, 0.25) is 0 Å². The zero-order chi connectivity index (χ0) is 22.5. The van der Waals surface area contributed by atoms with Gasteiger partial charge >= 0.3 is 0 Å². The van der Waals surface area contributed by atoms with Gasteiger partial charge in [0.25, 0.3) is 5.91 Å². The summed E-state index contributed by atoms with van der Waals surface area (Å²) in [6.45, 7) is 4.78. The molecule has 3 heterocycles. The summed E-state index contributed by atoms with van der Waals surface area (Å²) in [5.41, 5.74) is 5.78. The van der Waals surface area contributed by atoms with Crippen LogP contribution in [0.25, 0.3) is 0 Å². The second-order valence-corrected chi connectivity index (χ2v) is 8.76. The van der Waals surface area contributed by atoms with E-state index >= 15 is 0 Å². The molecule has 1 unspecified atom stereocenters. The topological polar surface area (TPSA) is 106 Å². The molecular weight excluding hydrogens is 410 g/mol. The van der Waals surface area contributed by atoms with Crippen molar-refractivity contribution in [3.8, 4) is 5.75 Å². The van der Waals surface area contributed by atoms with Gasteiger partial charge in [0.15, 0.2) is 0 Å². The Hall–Kier alpha value is -2.65. The molecule has 3 aliphatic rings. The highest BCUT2D eigenvalue weighted by Gasteiger charge is 2.39. The van der Waals surface area contributed by atoms with Gasteiger partial charge in [0.1, 0.15) is 17.5 Å². The lowest BCUT2D eigenvalue weighted by Gasteiger charge is -2.28. The summed E-state index contributed by atoms with van der Waals surface area (Å²) in [4.78, 5) is 30.4. The van der Waals surface area contributed by atoms with Crippen LogP contribution in [0.4, 0.5) is 5.69 Å². The van der Waals surface area contributed by atoms with E-state index in [1.807, 2.05) is 24.1 Å². The van der Waals surface area contributed by atoms with Crippen molar-refractivity contribution in [1.82, 2.24) is 20.7 Å². The second kappa shape index (κ2) is 10.3. The van der Waals surface area contributed by atoms with Crippen molar-refractivity contribution in [2.24, 2.45) is 4.99 Å². The molecule has 0 radical (unpaired) electrons. The van der Waals surface area contributed by atoms with Gasteiger partial charge in [0, 0.05) is 31.6 Å². The number of aryl methyl sites for hydroxylation is 1. The maximum absolute atomic E-state index is 12.0. The number of rotatable bonds is 10. The molecule has 1 aromatic rings. The summed E-state index contributed by atoms with van der Waals surface area (Å²) >= 11 is 0. The highest BCUT2D eigenvalue weighted by Crippen LogP contribution is 2.38. The minimum absolute atomic E-state index is 0.116. The lowest BCUT2D eigenvalue weighted by molar-refractivity contribution is -0.125. The average Bonchev–Trinajstić information content (AvgIpc) is 3.37. The first-order valence-electron chi connectivity index (χ1n) is 11.6. The highest BCUT2D eigenvalue weighted by molar-refractivity contribution is 6.08. The smallest absolute Gasteiger partial charge is 0.251 e. The number of hydrogen-bond acceptors (Lipinski definition) is 7. The number of guanidine groups is 1. The van der Waals surface area contributed by atoms with Crippen LogP contribution in [0.5, 0.6) is 5.75 Å². The third-order valence-corrected chi connectivity index (χ3v) is 6.16. The zero-order valence-corrected chi connectivity index (χ0v) is 18.7. The number of aliphatic imine (C=N–C) groups is 1. The molecule has 4 rings (SSSR count). The monoisotopic (exact) mass is 443 g/mol. The lowest BCUT2D eigenvalue weighted by Crippen LogP contribution is -2.39. The minimum Gasteiger partial charge on any atom is -0.491 e. The second-order valence-electron chi connectivity index (χ2n) is 8.76. The van der Waals surface area contributed by atoms with Crippen molar-refractivity contribution in [1.29, 1.82) is 0 Å². The van der Waals surface area contributed by atoms with Crippen LogP contribution in [-0.2, 0) is 16.1 Å². The summed E-state index contributed by atoms with van der Waals surface area (Å²) in [7, 11) is 0. The van der Waals surface area contributed by atoms with Gasteiger partial charge in [-0.3, -0.25) is 20.3 Å². The molecule has 0 aliphatic carbocycles. The number of carbonyl (C=O) groups is 2. The SMILES string of the molecule is Cc1cc2c(c(OCCCCCCC(=O)NN3CCCC3)c1)N=C1NC(=O)C(CO)N1C2. The van der Waals surface area contributed by atoms with Crippen LogP contribution in [0.15, 0.2) is 17.1 Å². The quantitative estimate of drug-likeness (QED) is 0.476. The van der Waals surface area contributed by atoms with E-state index in [-0.39, 0.29) is 18.4 Å². The number of aliphatic hydroxyl groups is 1. The number of ether oxygens (including phenoxy) is 1. The molecule has 0 bridgehead atoms. The van der Waals surface area contributed by atoms with Gasteiger partial charge in [0.05, 0.1) is 13.2 Å². The van der Waals surface area contributed by atoms with Crippen molar-refractivity contribution < 1.29 is 19.4 Å². The Morgan fingerprint density at radius 3 is 2.81 bits per heavy atom. The van der Waals surface area contributed by atoms with Gasteiger partial charge < -0.3 is 14.7 Å². The third kappa shape index (κ3) is 5.21. The first-order chi connectivity index (χ1) is 15.5. The Labute approximate surface area is 188 Å². The third-order valence-electron chi connectivity index (χ3n) is 6.16. The van der Waals surface area contributed by atoms with Crippen LogP contribution in [0.3, 0.4) is 0 Å². The maximum Gasteiger partial charge on any atom is 0.251 e. The van der Waals surface area contributed by atoms with Crippen molar-refractivity contribution in [2.45, 2.75) is 64.5 Å². The number of aliphatic hydroxyl groups excluding tert-OH is 1. The minimum atomic E-state index is -0.593. The number of hydrogen-bond donors (Lipinski definition) is 3. The first-order valence-corrected chi connectivity index (χ1v) is 11.6. The summed E-state index contributed by atoms with van der Waals surface area (Å²) in [5, 5.41) is 14.3. The number of nitrogens with one attached hydrogen (secondary N) is 2. The van der Waals surface area contributed by atoms with Crippen molar-refractivity contribution in [3.05, 3.63) is 23.3 Å². The van der Waals surface area contributed by atoms with Gasteiger partial charge in [-0.15, -0.1) is 0 Å². The molecular formula is C23H33N5O4. The summed E-state index contributed by atoms with van der Waals surface area (Å²) < 4.78 is 6.06. The number of unbranched alkanes of at least 4 members (excludes halogenated alkanes) is 3. The Kier molecular flexibility index (Phi) is 7.26. The normalized spacial score (nSPS) is 19.9. The maximum atomic E-state index is 12.0. The fourth-order valence-electron chi connectivity index (χ4n) is 4.46. The molecule has 0 spiro atoms. The number of nitrogens with zero attached hydrogens (tertiary/aromatic N) is 3. The Morgan fingerprint density at radius 1 is 1.25 bits per heavy atom. The molecule has 2 fully saturated rings. The summed E-state index contributed by atoms with van der Waals surface area (Å²) in [6.07, 6.45) is 6.67. The van der Waals surface area contributed by atoms with Crippen LogP contribution in [-0.4, -0.2) is 65.1 Å². The number of amides is 2. The summed E-state index contributed by atoms with van der Waals surface area (Å²) in [5.74, 6) is 1.08. The standard InChI is InChI=1S/C23H33N5O4/c1-16-12-17-14-28-18(15-29)22(31)25-23(28)24-21(17)19(13-16)32-11-7-3-2-4-8-20(30)26-27-9-5-6-10-27/h12-13,18,29H,2-11,14-15H2,1H3,(H,26,30)(H,24,25,31). The molecule has 1 aromatic carbocycles. The largest absolute Gasteiger partial charge is 0.491 e. The van der Waals surface area contributed by atoms with E-state index in [0.29, 0.717) is 25.5 Å². The van der Waals surface area contributed by atoms with Crippen LogP contribution >= 0.6 is 0 Å². The molecule has 0 aromatic heterocycles. The fourth-order valence-corrected chi connectivity index (χ4v) is 4.46. The molecule has 174 valence electrons. The Morgan fingerprint density at radius 2 is 2.03 bits per heavy atom. The molecule has 0 saturated carbocycles. The molecule has 9 heteroatoms. The molecule has 32 heavy (non-hydrogen) atoms. The molecule has 3 N–H and O–H groups in total. The van der Waals surface area contributed by atoms with Crippen molar-refractivity contribution in [2.75, 3.05) is 26.3 Å².